The summed E-state index contributed by atoms with van der Waals surface area (Å²) in [7, 11) is 0. The van der Waals surface area contributed by atoms with Crippen LogP contribution in [0.15, 0.2) is 22.7 Å². The number of aliphatic hydroxyl groups is 1. The monoisotopic (exact) mass is 336 g/mol. The minimum atomic E-state index is -1.21. The van der Waals surface area contributed by atoms with E-state index in [0.717, 1.165) is 0 Å². The van der Waals surface area contributed by atoms with E-state index in [1.807, 2.05) is 0 Å². The normalized spacial score (nSPS) is 16.1. The van der Waals surface area contributed by atoms with Gasteiger partial charge in [-0.1, -0.05) is 27.5 Å². The van der Waals surface area contributed by atoms with Gasteiger partial charge in [0.15, 0.2) is 6.10 Å². The van der Waals surface area contributed by atoms with Gasteiger partial charge in [-0.2, -0.15) is 0 Å². The Morgan fingerprint density at radius 1 is 1.44 bits per heavy atom. The van der Waals surface area contributed by atoms with Crippen molar-refractivity contribution in [1.29, 1.82) is 0 Å². The van der Waals surface area contributed by atoms with E-state index in [2.05, 4.69) is 15.9 Å². The van der Waals surface area contributed by atoms with Gasteiger partial charge in [-0.3, -0.25) is 0 Å². The summed E-state index contributed by atoms with van der Waals surface area (Å²) in [5.74, 6) is -1.15. The van der Waals surface area contributed by atoms with E-state index >= 15 is 0 Å². The van der Waals surface area contributed by atoms with Crippen LogP contribution >= 0.6 is 27.5 Å². The highest BCUT2D eigenvalue weighted by Crippen LogP contribution is 2.30. The fraction of sp³-hybridized carbons (Fsp3) is 0.417. The van der Waals surface area contributed by atoms with Crippen LogP contribution in [0.3, 0.4) is 0 Å². The molecule has 0 radical (unpaired) electrons. The zero-order valence-corrected chi connectivity index (χ0v) is 12.3. The Labute approximate surface area is 119 Å². The van der Waals surface area contributed by atoms with Gasteiger partial charge in [0.25, 0.3) is 0 Å². The summed E-state index contributed by atoms with van der Waals surface area (Å²) >= 11 is 9.22. The van der Waals surface area contributed by atoms with Crippen molar-refractivity contribution in [1.82, 2.24) is 0 Å². The van der Waals surface area contributed by atoms with E-state index in [1.165, 1.54) is 6.92 Å². The molecule has 0 aliphatic carbocycles. The molecule has 0 saturated carbocycles. The minimum absolute atomic E-state index is 0.309. The number of carboxylic acids is 1. The molecule has 0 aliphatic rings. The third-order valence-electron chi connectivity index (χ3n) is 2.49. The number of rotatable bonds is 5. The van der Waals surface area contributed by atoms with E-state index in [4.69, 9.17) is 16.3 Å². The molecule has 0 fully saturated rings. The average molecular weight is 338 g/mol. The topological polar surface area (TPSA) is 66.8 Å². The van der Waals surface area contributed by atoms with Crippen molar-refractivity contribution in [2.45, 2.75) is 32.2 Å². The van der Waals surface area contributed by atoms with Crippen LogP contribution < -0.4 is 0 Å². The second-order valence-corrected chi connectivity index (χ2v) is 5.29. The Kier molecular flexibility index (Phi) is 5.59. The summed E-state index contributed by atoms with van der Waals surface area (Å²) in [5.41, 5.74) is 0.353. The van der Waals surface area contributed by atoms with Crippen molar-refractivity contribution < 1.29 is 19.7 Å². The number of halogens is 2. The number of carbonyl (C=O) groups is 1. The second-order valence-electron chi connectivity index (χ2n) is 3.97. The number of hydrogen-bond donors (Lipinski definition) is 2. The third-order valence-corrected chi connectivity index (χ3v) is 3.33. The standard InChI is InChI=1S/C12H14BrClO4/c1-6(15)7(2)18-11(12(16)17)9-5-8(13)3-4-10(9)14/h3-7,11,15H,1-2H3,(H,16,17). The van der Waals surface area contributed by atoms with Crippen LogP contribution in [-0.4, -0.2) is 28.4 Å². The van der Waals surface area contributed by atoms with Crippen molar-refractivity contribution in [2.24, 2.45) is 0 Å². The summed E-state index contributed by atoms with van der Waals surface area (Å²) in [6, 6.07) is 4.89. The highest BCUT2D eigenvalue weighted by Gasteiger charge is 2.27. The van der Waals surface area contributed by atoms with E-state index in [-0.39, 0.29) is 0 Å². The number of carboxylic acid groups (broad SMARTS) is 1. The zero-order valence-electron chi connectivity index (χ0n) is 9.93. The molecule has 3 atom stereocenters. The molecule has 2 N–H and O–H groups in total. The number of ether oxygens (including phenoxy) is 1. The highest BCUT2D eigenvalue weighted by atomic mass is 79.9. The molecule has 0 bridgehead atoms. The van der Waals surface area contributed by atoms with Crippen LogP contribution in [-0.2, 0) is 9.53 Å². The average Bonchev–Trinajstić information content (AvgIpc) is 2.28. The molecule has 6 heteroatoms. The molecule has 100 valence electrons. The van der Waals surface area contributed by atoms with Gasteiger partial charge in [-0.05, 0) is 32.0 Å². The molecule has 0 saturated heterocycles. The maximum Gasteiger partial charge on any atom is 0.337 e. The smallest absolute Gasteiger partial charge is 0.337 e. The summed E-state index contributed by atoms with van der Waals surface area (Å²) in [4.78, 5) is 11.2. The number of hydrogen-bond acceptors (Lipinski definition) is 3. The quantitative estimate of drug-likeness (QED) is 0.867. The van der Waals surface area contributed by atoms with Gasteiger partial charge < -0.3 is 14.9 Å². The van der Waals surface area contributed by atoms with Gasteiger partial charge >= 0.3 is 5.97 Å². The van der Waals surface area contributed by atoms with Gasteiger partial charge in [0.1, 0.15) is 0 Å². The van der Waals surface area contributed by atoms with Crippen molar-refractivity contribution in [3.63, 3.8) is 0 Å². The van der Waals surface area contributed by atoms with Crippen LogP contribution in [0.1, 0.15) is 25.5 Å². The van der Waals surface area contributed by atoms with Crippen LogP contribution in [0.25, 0.3) is 0 Å². The van der Waals surface area contributed by atoms with Crippen LogP contribution in [0.4, 0.5) is 0 Å². The first-order chi connectivity index (χ1) is 8.32. The Morgan fingerprint density at radius 3 is 2.56 bits per heavy atom. The van der Waals surface area contributed by atoms with Gasteiger partial charge in [-0.25, -0.2) is 4.79 Å². The van der Waals surface area contributed by atoms with Crippen molar-refractivity contribution in [3.8, 4) is 0 Å². The first-order valence-corrected chi connectivity index (χ1v) is 6.51. The van der Waals surface area contributed by atoms with E-state index in [1.54, 1.807) is 25.1 Å². The summed E-state index contributed by atoms with van der Waals surface area (Å²) in [6.45, 7) is 3.14. The number of aliphatic hydroxyl groups excluding tert-OH is 1. The molecular formula is C12H14BrClO4. The third kappa shape index (κ3) is 3.95. The lowest BCUT2D eigenvalue weighted by Crippen LogP contribution is -2.28. The van der Waals surface area contributed by atoms with Crippen LogP contribution in [0.2, 0.25) is 5.02 Å². The molecule has 0 aliphatic heterocycles. The molecule has 1 rings (SSSR count). The molecule has 1 aromatic carbocycles. The van der Waals surface area contributed by atoms with E-state index < -0.39 is 24.3 Å². The molecule has 3 unspecified atom stereocenters. The second kappa shape index (κ2) is 6.52. The van der Waals surface area contributed by atoms with Crippen LogP contribution in [0.5, 0.6) is 0 Å². The molecule has 0 heterocycles. The van der Waals surface area contributed by atoms with Crippen LogP contribution in [0, 0.1) is 0 Å². The van der Waals surface area contributed by atoms with Crippen molar-refractivity contribution in [3.05, 3.63) is 33.3 Å². The summed E-state index contributed by atoms with van der Waals surface area (Å²) in [6.07, 6.45) is -2.58. The first kappa shape index (κ1) is 15.4. The highest BCUT2D eigenvalue weighted by molar-refractivity contribution is 9.10. The van der Waals surface area contributed by atoms with E-state index in [0.29, 0.717) is 15.1 Å². The lowest BCUT2D eigenvalue weighted by atomic mass is 10.1. The SMILES string of the molecule is CC(O)C(C)OC(C(=O)O)c1cc(Br)ccc1Cl. The minimum Gasteiger partial charge on any atom is -0.479 e. The molecule has 0 aromatic heterocycles. The molecule has 0 spiro atoms. The van der Waals surface area contributed by atoms with E-state index in [9.17, 15) is 15.0 Å². The summed E-state index contributed by atoms with van der Waals surface area (Å²) < 4.78 is 6.05. The van der Waals surface area contributed by atoms with Gasteiger partial charge in [-0.15, -0.1) is 0 Å². The molecule has 0 amide bonds. The molecule has 4 nitrogen and oxygen atoms in total. The molecule has 18 heavy (non-hydrogen) atoms. The number of benzene rings is 1. The lowest BCUT2D eigenvalue weighted by Gasteiger charge is -2.22. The Bertz CT molecular complexity index is 436. The fourth-order valence-corrected chi connectivity index (χ4v) is 1.90. The molecule has 1 aromatic rings. The Hall–Kier alpha value is -0.620. The van der Waals surface area contributed by atoms with Crippen molar-refractivity contribution >= 4 is 33.5 Å². The van der Waals surface area contributed by atoms with Gasteiger partial charge in [0.2, 0.25) is 0 Å². The fourth-order valence-electron chi connectivity index (χ4n) is 1.31. The predicted molar refractivity (Wildman–Crippen MR) is 71.8 cm³/mol. The number of aliphatic carboxylic acids is 1. The van der Waals surface area contributed by atoms with Gasteiger partial charge in [0.05, 0.1) is 12.2 Å². The maximum atomic E-state index is 11.2. The maximum absolute atomic E-state index is 11.2. The predicted octanol–water partition coefficient (Wildman–Crippen LogP) is 3.01. The molecular weight excluding hydrogens is 323 g/mol. The lowest BCUT2D eigenvalue weighted by molar-refractivity contribution is -0.158. The largest absolute Gasteiger partial charge is 0.479 e. The Balaban J connectivity index is 3.05. The zero-order chi connectivity index (χ0) is 13.9. The van der Waals surface area contributed by atoms with Crippen molar-refractivity contribution in [2.75, 3.05) is 0 Å². The van der Waals surface area contributed by atoms with Gasteiger partial charge in [0, 0.05) is 15.1 Å². The Morgan fingerprint density at radius 2 is 2.06 bits per heavy atom. The first-order valence-electron chi connectivity index (χ1n) is 5.34. The summed E-state index contributed by atoms with van der Waals surface area (Å²) in [5, 5.41) is 18.9.